The molecule has 0 aliphatic carbocycles. The van der Waals surface area contributed by atoms with Gasteiger partial charge in [0.15, 0.2) is 0 Å². The molecule has 0 fully saturated rings. The third-order valence-corrected chi connectivity index (χ3v) is 6.34. The molecule has 0 aromatic heterocycles. The van der Waals surface area contributed by atoms with Crippen LogP contribution in [0.15, 0.2) is 12.1 Å². The summed E-state index contributed by atoms with van der Waals surface area (Å²) in [5.74, 6) is -0.231. The van der Waals surface area contributed by atoms with E-state index in [-0.39, 0.29) is 5.97 Å². The van der Waals surface area contributed by atoms with Gasteiger partial charge in [-0.05, 0) is 86.8 Å². The van der Waals surface area contributed by atoms with Crippen molar-refractivity contribution in [3.63, 3.8) is 0 Å². The zero-order chi connectivity index (χ0) is 15.7. The summed E-state index contributed by atoms with van der Waals surface area (Å²) in [4.78, 5) is 12.1. The molecule has 0 aliphatic heterocycles. The van der Waals surface area contributed by atoms with Gasteiger partial charge in [0.1, 0.15) is 0 Å². The van der Waals surface area contributed by atoms with Crippen molar-refractivity contribution < 1.29 is 19.6 Å². The number of hydrogen-bond donors (Lipinski definition) is 1. The lowest BCUT2D eigenvalue weighted by atomic mass is 10.2. The fourth-order valence-corrected chi connectivity index (χ4v) is 4.01. The van der Waals surface area contributed by atoms with E-state index in [9.17, 15) is 4.79 Å². The number of carbonyl (C=O) groups is 1. The van der Waals surface area contributed by atoms with E-state index in [1.165, 1.54) is 0 Å². The Morgan fingerprint density at radius 1 is 1.19 bits per heavy atom. The van der Waals surface area contributed by atoms with Gasteiger partial charge in [0, 0.05) is 23.7 Å². The molecular formula is C14H19I3NO3+. The van der Waals surface area contributed by atoms with Crippen LogP contribution in [0.3, 0.4) is 0 Å². The normalized spacial score (nSPS) is 10.7. The highest BCUT2D eigenvalue weighted by Crippen LogP contribution is 2.23. The molecule has 1 aromatic carbocycles. The number of esters is 1. The van der Waals surface area contributed by atoms with E-state index in [2.05, 4.69) is 73.1 Å². The highest BCUT2D eigenvalue weighted by molar-refractivity contribution is 14.1. The van der Waals surface area contributed by atoms with Gasteiger partial charge in [0.25, 0.3) is 0 Å². The standard InChI is InChI=1S/C14H18I3NO3/c1-2-20-7-5-18-4-3-6-21-14(19)11-8-10(15)9-12(16)13(11)17/h8-9,18H,2-7H2,1H3/p+1. The van der Waals surface area contributed by atoms with Crippen molar-refractivity contribution in [1.29, 1.82) is 0 Å². The average Bonchev–Trinajstić information content (AvgIpc) is 2.45. The van der Waals surface area contributed by atoms with Crippen molar-refractivity contribution in [2.24, 2.45) is 0 Å². The summed E-state index contributed by atoms with van der Waals surface area (Å²) in [5.41, 5.74) is 0.659. The number of hydrogen-bond acceptors (Lipinski definition) is 3. The molecule has 0 bridgehead atoms. The van der Waals surface area contributed by atoms with Gasteiger partial charge in [-0.25, -0.2) is 4.79 Å². The number of carbonyl (C=O) groups excluding carboxylic acids is 1. The van der Waals surface area contributed by atoms with Crippen LogP contribution in [-0.4, -0.2) is 38.9 Å². The van der Waals surface area contributed by atoms with Crippen molar-refractivity contribution in [1.82, 2.24) is 0 Å². The molecule has 118 valence electrons. The van der Waals surface area contributed by atoms with Crippen LogP contribution in [-0.2, 0) is 9.47 Å². The van der Waals surface area contributed by atoms with Gasteiger partial charge in [-0.2, -0.15) is 0 Å². The third-order valence-electron chi connectivity index (χ3n) is 2.67. The van der Waals surface area contributed by atoms with E-state index >= 15 is 0 Å². The first-order valence-electron chi connectivity index (χ1n) is 6.77. The second kappa shape index (κ2) is 11.4. The third kappa shape index (κ3) is 7.75. The molecule has 0 saturated carbocycles. The van der Waals surface area contributed by atoms with E-state index < -0.39 is 0 Å². The second-order valence-corrected chi connectivity index (χ2v) is 7.79. The predicted molar refractivity (Wildman–Crippen MR) is 108 cm³/mol. The fraction of sp³-hybridized carbons (Fsp3) is 0.500. The minimum atomic E-state index is -0.231. The lowest BCUT2D eigenvalue weighted by Crippen LogP contribution is -2.85. The largest absolute Gasteiger partial charge is 0.462 e. The Balaban J connectivity index is 2.28. The number of ether oxygens (including phenoxy) is 2. The minimum Gasteiger partial charge on any atom is -0.462 e. The minimum absolute atomic E-state index is 0.231. The van der Waals surface area contributed by atoms with Crippen molar-refractivity contribution in [3.05, 3.63) is 28.4 Å². The van der Waals surface area contributed by atoms with Gasteiger partial charge in [-0.3, -0.25) is 0 Å². The topological polar surface area (TPSA) is 52.1 Å². The Morgan fingerprint density at radius 2 is 1.95 bits per heavy atom. The Labute approximate surface area is 166 Å². The smallest absolute Gasteiger partial charge is 0.339 e. The summed E-state index contributed by atoms with van der Waals surface area (Å²) in [6.07, 6.45) is 0.857. The highest BCUT2D eigenvalue weighted by Gasteiger charge is 2.14. The molecule has 2 N–H and O–H groups in total. The first-order valence-corrected chi connectivity index (χ1v) is 10.0. The summed E-state index contributed by atoms with van der Waals surface area (Å²) >= 11 is 6.65. The molecule has 1 rings (SSSR count). The molecule has 7 heteroatoms. The highest BCUT2D eigenvalue weighted by atomic mass is 127. The fourth-order valence-electron chi connectivity index (χ4n) is 1.63. The maximum absolute atomic E-state index is 12.1. The van der Waals surface area contributed by atoms with E-state index in [0.29, 0.717) is 12.2 Å². The Kier molecular flexibility index (Phi) is 10.7. The van der Waals surface area contributed by atoms with Crippen LogP contribution in [0.2, 0.25) is 0 Å². The van der Waals surface area contributed by atoms with Crippen molar-refractivity contribution >= 4 is 73.7 Å². The second-order valence-electron chi connectivity index (χ2n) is 4.30. The molecule has 1 aromatic rings. The van der Waals surface area contributed by atoms with Crippen LogP contribution in [0.25, 0.3) is 0 Å². The summed E-state index contributed by atoms with van der Waals surface area (Å²) in [7, 11) is 0. The summed E-state index contributed by atoms with van der Waals surface area (Å²) in [6.45, 7) is 5.89. The molecule has 0 heterocycles. The first-order chi connectivity index (χ1) is 10.1. The molecule has 0 radical (unpaired) electrons. The number of halogens is 3. The van der Waals surface area contributed by atoms with Crippen LogP contribution >= 0.6 is 67.8 Å². The van der Waals surface area contributed by atoms with Crippen LogP contribution < -0.4 is 5.32 Å². The summed E-state index contributed by atoms with van der Waals surface area (Å²) < 4.78 is 13.7. The molecule has 0 atom stereocenters. The molecule has 0 saturated heterocycles. The van der Waals surface area contributed by atoms with Gasteiger partial charge in [0.2, 0.25) is 0 Å². The summed E-state index contributed by atoms with van der Waals surface area (Å²) in [5, 5.41) is 2.18. The lowest BCUT2D eigenvalue weighted by Gasteiger charge is -2.08. The molecule has 0 unspecified atom stereocenters. The van der Waals surface area contributed by atoms with Gasteiger partial charge in [0.05, 0.1) is 31.9 Å². The van der Waals surface area contributed by atoms with E-state index in [1.807, 2.05) is 19.1 Å². The molecule has 0 aliphatic rings. The van der Waals surface area contributed by atoms with Crippen LogP contribution in [0.5, 0.6) is 0 Å². The molecule has 0 amide bonds. The van der Waals surface area contributed by atoms with Gasteiger partial charge >= 0.3 is 5.97 Å². The first kappa shape index (κ1) is 19.8. The van der Waals surface area contributed by atoms with Gasteiger partial charge in [-0.1, -0.05) is 0 Å². The monoisotopic (exact) mass is 630 g/mol. The van der Waals surface area contributed by atoms with E-state index in [4.69, 9.17) is 9.47 Å². The van der Waals surface area contributed by atoms with Crippen molar-refractivity contribution in [3.8, 4) is 0 Å². The number of nitrogens with two attached hydrogens (primary N) is 1. The quantitative estimate of drug-likeness (QED) is 0.198. The average molecular weight is 630 g/mol. The SMILES string of the molecule is CCOCC[NH2+]CCCOC(=O)c1cc(I)cc(I)c1I. The number of rotatable bonds is 9. The molecular weight excluding hydrogens is 611 g/mol. The Bertz CT molecular complexity index is 469. The van der Waals surface area contributed by atoms with Gasteiger partial charge < -0.3 is 14.8 Å². The predicted octanol–water partition coefficient (Wildman–Crippen LogP) is 2.65. The maximum Gasteiger partial charge on any atom is 0.339 e. The molecule has 0 spiro atoms. The zero-order valence-electron chi connectivity index (χ0n) is 11.8. The van der Waals surface area contributed by atoms with Crippen molar-refractivity contribution in [2.75, 3.05) is 32.9 Å². The number of quaternary nitrogens is 1. The van der Waals surface area contributed by atoms with Gasteiger partial charge in [-0.15, -0.1) is 0 Å². The zero-order valence-corrected chi connectivity index (χ0v) is 18.3. The Hall–Kier alpha value is 0.800. The Morgan fingerprint density at radius 3 is 2.67 bits per heavy atom. The van der Waals surface area contributed by atoms with E-state index in [0.717, 1.165) is 43.4 Å². The lowest BCUT2D eigenvalue weighted by molar-refractivity contribution is -0.656. The molecule has 4 nitrogen and oxygen atoms in total. The summed E-state index contributed by atoms with van der Waals surface area (Å²) in [6, 6.07) is 3.92. The molecule has 21 heavy (non-hydrogen) atoms. The maximum atomic E-state index is 12.1. The van der Waals surface area contributed by atoms with E-state index in [1.54, 1.807) is 0 Å². The van der Waals surface area contributed by atoms with Crippen LogP contribution in [0.4, 0.5) is 0 Å². The van der Waals surface area contributed by atoms with Crippen LogP contribution in [0.1, 0.15) is 23.7 Å². The number of benzene rings is 1. The van der Waals surface area contributed by atoms with Crippen LogP contribution in [0, 0.1) is 10.7 Å². The van der Waals surface area contributed by atoms with Crippen molar-refractivity contribution in [2.45, 2.75) is 13.3 Å².